The average molecular weight is 524 g/mol. The minimum atomic E-state index is -3.87. The number of amides is 1. The second-order valence-electron chi connectivity index (χ2n) is 7.89. The third kappa shape index (κ3) is 5.35. The van der Waals surface area contributed by atoms with Crippen LogP contribution >= 0.6 is 34.8 Å². The Bertz CT molecular complexity index is 1280. The van der Waals surface area contributed by atoms with Gasteiger partial charge in [0.1, 0.15) is 5.69 Å². The van der Waals surface area contributed by atoms with Crippen LogP contribution in [0.3, 0.4) is 0 Å². The number of halogens is 3. The van der Waals surface area contributed by atoms with Gasteiger partial charge < -0.3 is 4.90 Å². The van der Waals surface area contributed by atoms with Crippen molar-refractivity contribution in [2.45, 2.75) is 36.0 Å². The Hall–Kier alpha value is -2.12. The summed E-state index contributed by atoms with van der Waals surface area (Å²) in [5.74, 6) is -0.635. The Labute approximate surface area is 208 Å². The molecule has 1 aliphatic heterocycles. The minimum Gasteiger partial charge on any atom is -0.330 e. The molecule has 5 nitrogen and oxygen atoms in total. The molecule has 0 N–H and O–H groups in total. The van der Waals surface area contributed by atoms with Crippen LogP contribution < -0.4 is 0 Å². The van der Waals surface area contributed by atoms with E-state index in [9.17, 15) is 13.2 Å². The van der Waals surface area contributed by atoms with Crippen LogP contribution in [0.2, 0.25) is 15.1 Å². The second kappa shape index (κ2) is 10.0. The van der Waals surface area contributed by atoms with Gasteiger partial charge >= 0.3 is 0 Å². The Kier molecular flexibility index (Phi) is 7.29. The molecule has 3 aromatic rings. The largest absolute Gasteiger partial charge is 0.330 e. The summed E-state index contributed by atoms with van der Waals surface area (Å²) in [7, 11) is -3.87. The number of aromatic nitrogens is 1. The molecule has 0 bridgehead atoms. The van der Waals surface area contributed by atoms with E-state index in [1.54, 1.807) is 18.2 Å². The molecule has 1 aromatic heterocycles. The van der Waals surface area contributed by atoms with Crippen LogP contribution in [-0.4, -0.2) is 30.8 Å². The van der Waals surface area contributed by atoms with Crippen molar-refractivity contribution in [3.8, 4) is 0 Å². The molecule has 33 heavy (non-hydrogen) atoms. The van der Waals surface area contributed by atoms with Crippen LogP contribution in [-0.2, 0) is 15.6 Å². The van der Waals surface area contributed by atoms with Crippen LogP contribution in [0.4, 0.5) is 0 Å². The van der Waals surface area contributed by atoms with E-state index in [4.69, 9.17) is 34.8 Å². The van der Waals surface area contributed by atoms with Gasteiger partial charge in [0.05, 0.1) is 37.5 Å². The van der Waals surface area contributed by atoms with Gasteiger partial charge in [-0.1, -0.05) is 71.2 Å². The summed E-state index contributed by atoms with van der Waals surface area (Å²) < 4.78 is 26.0. The van der Waals surface area contributed by atoms with Crippen LogP contribution in [0.1, 0.15) is 47.1 Å². The lowest BCUT2D eigenvalue weighted by Crippen LogP contribution is -2.39. The van der Waals surface area contributed by atoms with Crippen molar-refractivity contribution in [3.63, 3.8) is 0 Å². The summed E-state index contributed by atoms with van der Waals surface area (Å²) in [4.78, 5) is 19.5. The maximum Gasteiger partial charge on any atom is 0.272 e. The maximum absolute atomic E-state index is 13.4. The molecule has 1 atom stereocenters. The van der Waals surface area contributed by atoms with E-state index in [0.717, 1.165) is 24.8 Å². The summed E-state index contributed by atoms with van der Waals surface area (Å²) in [5.41, 5.74) is 1.54. The quantitative estimate of drug-likeness (QED) is 0.364. The predicted octanol–water partition coefficient (Wildman–Crippen LogP) is 6.38. The van der Waals surface area contributed by atoms with E-state index in [2.05, 4.69) is 4.98 Å². The normalized spacial score (nSPS) is 16.6. The molecule has 172 valence electrons. The van der Waals surface area contributed by atoms with Crippen molar-refractivity contribution in [2.24, 2.45) is 0 Å². The van der Waals surface area contributed by atoms with E-state index >= 15 is 0 Å². The number of carbonyl (C=O) groups is 1. The smallest absolute Gasteiger partial charge is 0.272 e. The number of sulfone groups is 1. The van der Waals surface area contributed by atoms with Gasteiger partial charge in [-0.25, -0.2) is 13.4 Å². The lowest BCUT2D eigenvalue weighted by Gasteiger charge is -2.36. The Balaban J connectivity index is 1.60. The SMILES string of the molecule is O=C(c1cccc(CS(=O)(=O)c2cc(Cl)c(Cl)cc2Cl)n1)N1CCCCC1c1ccccc1. The number of hydrogen-bond acceptors (Lipinski definition) is 4. The van der Waals surface area contributed by atoms with E-state index < -0.39 is 15.6 Å². The van der Waals surface area contributed by atoms with Gasteiger partial charge in [0, 0.05) is 6.54 Å². The summed E-state index contributed by atoms with van der Waals surface area (Å²) in [6, 6.07) is 17.2. The number of pyridine rings is 1. The van der Waals surface area contributed by atoms with Crippen molar-refractivity contribution in [2.75, 3.05) is 6.54 Å². The zero-order chi connectivity index (χ0) is 23.6. The lowest BCUT2D eigenvalue weighted by molar-refractivity contribution is 0.0605. The van der Waals surface area contributed by atoms with Crippen molar-refractivity contribution in [1.29, 1.82) is 0 Å². The number of piperidine rings is 1. The summed E-state index contributed by atoms with van der Waals surface area (Å²) >= 11 is 18.0. The Morgan fingerprint density at radius 1 is 0.939 bits per heavy atom. The standard InChI is InChI=1S/C24H21Cl3N2O3S/c25-18-13-20(27)23(14-19(18)26)33(31,32)15-17-9-6-10-21(28-17)24(30)29-12-5-4-11-22(29)16-7-2-1-3-8-16/h1-3,6-10,13-14,22H,4-5,11-12,15H2. The van der Waals surface area contributed by atoms with Crippen molar-refractivity contribution in [3.05, 3.63) is 92.7 Å². The second-order valence-corrected chi connectivity index (χ2v) is 11.1. The molecule has 0 saturated carbocycles. The molecule has 2 heterocycles. The molecule has 1 fully saturated rings. The molecule has 0 spiro atoms. The fourth-order valence-corrected chi connectivity index (χ4v) is 6.36. The highest BCUT2D eigenvalue weighted by molar-refractivity contribution is 7.90. The fraction of sp³-hybridized carbons (Fsp3) is 0.250. The van der Waals surface area contributed by atoms with Gasteiger partial charge in [0.25, 0.3) is 5.91 Å². The molecule has 1 unspecified atom stereocenters. The fourth-order valence-electron chi connectivity index (χ4n) is 4.04. The zero-order valence-electron chi connectivity index (χ0n) is 17.5. The monoisotopic (exact) mass is 522 g/mol. The zero-order valence-corrected chi connectivity index (χ0v) is 20.6. The highest BCUT2D eigenvalue weighted by atomic mass is 35.5. The molecule has 1 amide bonds. The molecule has 0 radical (unpaired) electrons. The van der Waals surface area contributed by atoms with Gasteiger partial charge in [-0.05, 0) is 49.1 Å². The number of likely N-dealkylation sites (tertiary alicyclic amines) is 1. The number of hydrogen-bond donors (Lipinski definition) is 0. The number of rotatable bonds is 5. The summed E-state index contributed by atoms with van der Waals surface area (Å²) in [6.45, 7) is 0.626. The van der Waals surface area contributed by atoms with E-state index in [1.807, 2.05) is 35.2 Å². The highest BCUT2D eigenvalue weighted by Crippen LogP contribution is 2.34. The summed E-state index contributed by atoms with van der Waals surface area (Å²) in [6.07, 6.45) is 2.83. The third-order valence-electron chi connectivity index (χ3n) is 5.62. The van der Waals surface area contributed by atoms with E-state index in [-0.39, 0.29) is 43.3 Å². The molecular formula is C24H21Cl3N2O3S. The van der Waals surface area contributed by atoms with Crippen LogP contribution in [0.25, 0.3) is 0 Å². The maximum atomic E-state index is 13.4. The highest BCUT2D eigenvalue weighted by Gasteiger charge is 2.30. The van der Waals surface area contributed by atoms with Crippen molar-refractivity contribution in [1.82, 2.24) is 9.88 Å². The minimum absolute atomic E-state index is 0.0179. The lowest BCUT2D eigenvalue weighted by atomic mass is 9.95. The number of nitrogens with zero attached hydrogens (tertiary/aromatic N) is 2. The van der Waals surface area contributed by atoms with Crippen molar-refractivity contribution >= 4 is 50.5 Å². The van der Waals surface area contributed by atoms with E-state index in [1.165, 1.54) is 12.1 Å². The Morgan fingerprint density at radius 2 is 1.67 bits per heavy atom. The topological polar surface area (TPSA) is 67.3 Å². The molecular weight excluding hydrogens is 503 g/mol. The van der Waals surface area contributed by atoms with Gasteiger partial charge in [-0.15, -0.1) is 0 Å². The molecule has 0 aliphatic carbocycles. The van der Waals surface area contributed by atoms with Gasteiger partial charge in [-0.2, -0.15) is 0 Å². The molecule has 1 aliphatic rings. The Morgan fingerprint density at radius 3 is 2.42 bits per heavy atom. The molecule has 2 aromatic carbocycles. The van der Waals surface area contributed by atoms with Gasteiger partial charge in [0.15, 0.2) is 9.84 Å². The van der Waals surface area contributed by atoms with Crippen molar-refractivity contribution < 1.29 is 13.2 Å². The first-order valence-electron chi connectivity index (χ1n) is 10.5. The average Bonchev–Trinajstić information content (AvgIpc) is 2.81. The number of carbonyl (C=O) groups excluding carboxylic acids is 1. The first-order chi connectivity index (χ1) is 15.8. The number of benzene rings is 2. The molecule has 1 saturated heterocycles. The van der Waals surface area contributed by atoms with Gasteiger partial charge in [-0.3, -0.25) is 4.79 Å². The van der Waals surface area contributed by atoms with Gasteiger partial charge in [0.2, 0.25) is 0 Å². The van der Waals surface area contributed by atoms with E-state index in [0.29, 0.717) is 6.54 Å². The van der Waals surface area contributed by atoms with Crippen LogP contribution in [0, 0.1) is 0 Å². The van der Waals surface area contributed by atoms with Crippen LogP contribution in [0.5, 0.6) is 0 Å². The predicted molar refractivity (Wildman–Crippen MR) is 131 cm³/mol. The third-order valence-corrected chi connectivity index (χ3v) is 8.45. The molecule has 9 heteroatoms. The first-order valence-corrected chi connectivity index (χ1v) is 13.2. The van der Waals surface area contributed by atoms with Crippen LogP contribution in [0.15, 0.2) is 65.6 Å². The summed E-state index contributed by atoms with van der Waals surface area (Å²) in [5, 5.41) is 0.241. The first kappa shape index (κ1) is 24.0. The molecule has 4 rings (SSSR count).